The Morgan fingerprint density at radius 2 is 1.30 bits per heavy atom. The van der Waals surface area contributed by atoms with Crippen LogP contribution in [-0.4, -0.2) is 11.4 Å². The van der Waals surface area contributed by atoms with Crippen molar-refractivity contribution < 1.29 is 0 Å². The van der Waals surface area contributed by atoms with Crippen molar-refractivity contribution in [1.29, 1.82) is 0 Å². The molecule has 0 amide bonds. The van der Waals surface area contributed by atoms with E-state index in [1.807, 2.05) is 0 Å². The molecule has 1 fully saturated rings. The van der Waals surface area contributed by atoms with Gasteiger partial charge in [-0.05, 0) is 43.4 Å². The number of unbranched alkanes of at least 4 members (excludes halogenated alkanes) is 2. The highest BCUT2D eigenvalue weighted by atomic mass is 15.2. The number of likely N-dealkylation sites (tertiary alicyclic amines) is 1. The molecule has 0 unspecified atom stereocenters. The number of piperidine rings is 1. The summed E-state index contributed by atoms with van der Waals surface area (Å²) >= 11 is 0. The predicted octanol–water partition coefficient (Wildman–Crippen LogP) is 6.15. The van der Waals surface area contributed by atoms with Crippen molar-refractivity contribution in [3.63, 3.8) is 0 Å². The minimum absolute atomic E-state index is 0.576. The average molecular weight is 307 g/mol. The molecule has 1 heterocycles. The van der Waals surface area contributed by atoms with Gasteiger partial charge >= 0.3 is 0 Å². The molecule has 1 saturated heterocycles. The molecule has 1 aliphatic rings. The summed E-state index contributed by atoms with van der Waals surface area (Å²) < 4.78 is 0. The molecule has 0 aromatic heterocycles. The molecule has 3 rings (SSSR count). The van der Waals surface area contributed by atoms with Crippen molar-refractivity contribution in [3.8, 4) is 0 Å². The lowest BCUT2D eigenvalue weighted by molar-refractivity contribution is 0.0798. The molecule has 122 valence electrons. The molecular formula is C22H29N. The fourth-order valence-electron chi connectivity index (χ4n) is 3.98. The molecule has 0 bridgehead atoms. The van der Waals surface area contributed by atoms with Gasteiger partial charge in [-0.1, -0.05) is 80.4 Å². The van der Waals surface area contributed by atoms with Gasteiger partial charge in [-0.2, -0.15) is 0 Å². The number of nitrogens with zero attached hydrogens (tertiary/aromatic N) is 1. The van der Waals surface area contributed by atoms with Gasteiger partial charge in [-0.25, -0.2) is 0 Å². The Morgan fingerprint density at radius 3 is 1.78 bits per heavy atom. The number of hydrogen-bond donors (Lipinski definition) is 0. The normalized spacial score (nSPS) is 22.1. The van der Waals surface area contributed by atoms with Gasteiger partial charge in [0.25, 0.3) is 0 Å². The van der Waals surface area contributed by atoms with Gasteiger partial charge in [-0.15, -0.1) is 0 Å². The molecule has 0 saturated carbocycles. The SMILES string of the molecule is CCCCCN1[C@@H](c2ccccc2)CCC[C@H]1c1ccccc1. The quantitative estimate of drug-likeness (QED) is 0.579. The van der Waals surface area contributed by atoms with Crippen molar-refractivity contribution in [2.45, 2.75) is 57.5 Å². The van der Waals surface area contributed by atoms with E-state index in [0.29, 0.717) is 12.1 Å². The zero-order valence-electron chi connectivity index (χ0n) is 14.3. The third-order valence-corrected chi connectivity index (χ3v) is 5.14. The summed E-state index contributed by atoms with van der Waals surface area (Å²) in [5.41, 5.74) is 2.98. The summed E-state index contributed by atoms with van der Waals surface area (Å²) in [6.45, 7) is 3.51. The summed E-state index contributed by atoms with van der Waals surface area (Å²) in [6.07, 6.45) is 7.84. The molecule has 0 radical (unpaired) electrons. The second-order valence-electron chi connectivity index (χ2n) is 6.73. The molecule has 2 aromatic rings. The lowest BCUT2D eigenvalue weighted by atomic mass is 9.87. The lowest BCUT2D eigenvalue weighted by Gasteiger charge is -2.43. The Bertz CT molecular complexity index is 516. The summed E-state index contributed by atoms with van der Waals surface area (Å²) in [7, 11) is 0. The molecule has 0 aliphatic carbocycles. The van der Waals surface area contributed by atoms with E-state index in [9.17, 15) is 0 Å². The Hall–Kier alpha value is -1.60. The van der Waals surface area contributed by atoms with E-state index in [-0.39, 0.29) is 0 Å². The first-order valence-electron chi connectivity index (χ1n) is 9.25. The Kier molecular flexibility index (Phi) is 5.87. The van der Waals surface area contributed by atoms with Crippen LogP contribution < -0.4 is 0 Å². The minimum Gasteiger partial charge on any atom is -0.289 e. The maximum Gasteiger partial charge on any atom is 0.0354 e. The lowest BCUT2D eigenvalue weighted by Crippen LogP contribution is -2.37. The summed E-state index contributed by atoms with van der Waals surface area (Å²) in [4.78, 5) is 2.78. The third-order valence-electron chi connectivity index (χ3n) is 5.14. The second kappa shape index (κ2) is 8.31. The first-order valence-corrected chi connectivity index (χ1v) is 9.25. The van der Waals surface area contributed by atoms with Gasteiger partial charge in [0, 0.05) is 12.1 Å². The van der Waals surface area contributed by atoms with Crippen molar-refractivity contribution >= 4 is 0 Å². The monoisotopic (exact) mass is 307 g/mol. The third kappa shape index (κ3) is 4.03. The largest absolute Gasteiger partial charge is 0.289 e. The van der Waals surface area contributed by atoms with Gasteiger partial charge in [-0.3, -0.25) is 4.90 Å². The Balaban J connectivity index is 1.85. The van der Waals surface area contributed by atoms with E-state index >= 15 is 0 Å². The van der Waals surface area contributed by atoms with E-state index in [1.165, 1.54) is 56.2 Å². The Labute approximate surface area is 141 Å². The first-order chi connectivity index (χ1) is 11.4. The van der Waals surface area contributed by atoms with Crippen LogP contribution in [-0.2, 0) is 0 Å². The minimum atomic E-state index is 0.576. The van der Waals surface area contributed by atoms with Crippen molar-refractivity contribution in [1.82, 2.24) is 4.90 Å². The highest BCUT2D eigenvalue weighted by Gasteiger charge is 2.31. The average Bonchev–Trinajstić information content (AvgIpc) is 2.63. The van der Waals surface area contributed by atoms with Gasteiger partial charge in [0.15, 0.2) is 0 Å². The summed E-state index contributed by atoms with van der Waals surface area (Å²) in [6, 6.07) is 23.4. The van der Waals surface area contributed by atoms with Crippen LogP contribution in [0.25, 0.3) is 0 Å². The van der Waals surface area contributed by atoms with Crippen LogP contribution in [0.15, 0.2) is 60.7 Å². The standard InChI is InChI=1S/C22H29N/c1-2-3-10-18-23-21(19-12-6-4-7-13-19)16-11-17-22(23)20-14-8-5-9-15-20/h4-9,12-15,21-22H,2-3,10-11,16-18H2,1H3/t21-,22+. The molecule has 1 nitrogen and oxygen atoms in total. The smallest absolute Gasteiger partial charge is 0.0354 e. The maximum atomic E-state index is 2.78. The summed E-state index contributed by atoms with van der Waals surface area (Å²) in [5, 5.41) is 0. The van der Waals surface area contributed by atoms with Crippen LogP contribution in [0.4, 0.5) is 0 Å². The first kappa shape index (κ1) is 16.3. The molecule has 1 heteroatoms. The van der Waals surface area contributed by atoms with E-state index in [0.717, 1.165) is 0 Å². The molecule has 1 aliphatic heterocycles. The number of hydrogen-bond acceptors (Lipinski definition) is 1. The van der Waals surface area contributed by atoms with Crippen LogP contribution >= 0.6 is 0 Å². The van der Waals surface area contributed by atoms with E-state index in [1.54, 1.807) is 0 Å². The molecule has 0 N–H and O–H groups in total. The number of rotatable bonds is 6. The topological polar surface area (TPSA) is 3.24 Å². The van der Waals surface area contributed by atoms with Crippen molar-refractivity contribution in [3.05, 3.63) is 71.8 Å². The van der Waals surface area contributed by atoms with Gasteiger partial charge in [0.1, 0.15) is 0 Å². The zero-order valence-corrected chi connectivity index (χ0v) is 14.3. The highest BCUT2D eigenvalue weighted by Crippen LogP contribution is 2.41. The van der Waals surface area contributed by atoms with E-state index in [2.05, 4.69) is 72.5 Å². The number of benzene rings is 2. The fourth-order valence-corrected chi connectivity index (χ4v) is 3.98. The predicted molar refractivity (Wildman–Crippen MR) is 98.4 cm³/mol. The molecule has 0 spiro atoms. The van der Waals surface area contributed by atoms with Gasteiger partial charge < -0.3 is 0 Å². The van der Waals surface area contributed by atoms with Crippen LogP contribution in [0.3, 0.4) is 0 Å². The molecule has 2 atom stereocenters. The highest BCUT2D eigenvalue weighted by molar-refractivity contribution is 5.24. The van der Waals surface area contributed by atoms with Crippen molar-refractivity contribution in [2.24, 2.45) is 0 Å². The maximum absolute atomic E-state index is 2.78. The van der Waals surface area contributed by atoms with Crippen molar-refractivity contribution in [2.75, 3.05) is 6.54 Å². The van der Waals surface area contributed by atoms with Crippen LogP contribution in [0.2, 0.25) is 0 Å². The second-order valence-corrected chi connectivity index (χ2v) is 6.73. The zero-order chi connectivity index (χ0) is 15.9. The van der Waals surface area contributed by atoms with Gasteiger partial charge in [0.05, 0.1) is 0 Å². The molecule has 2 aromatic carbocycles. The Morgan fingerprint density at radius 1 is 0.783 bits per heavy atom. The fraction of sp³-hybridized carbons (Fsp3) is 0.455. The van der Waals surface area contributed by atoms with Crippen LogP contribution in [0.1, 0.15) is 68.7 Å². The van der Waals surface area contributed by atoms with E-state index in [4.69, 9.17) is 0 Å². The van der Waals surface area contributed by atoms with Crippen LogP contribution in [0.5, 0.6) is 0 Å². The summed E-state index contributed by atoms with van der Waals surface area (Å²) in [5.74, 6) is 0. The van der Waals surface area contributed by atoms with Crippen LogP contribution in [0, 0.1) is 0 Å². The molecule has 23 heavy (non-hydrogen) atoms. The van der Waals surface area contributed by atoms with Gasteiger partial charge in [0.2, 0.25) is 0 Å². The van der Waals surface area contributed by atoms with E-state index < -0.39 is 0 Å². The molecular weight excluding hydrogens is 278 g/mol.